The quantitative estimate of drug-likeness (QED) is 0.400. The summed E-state index contributed by atoms with van der Waals surface area (Å²) in [5.41, 5.74) is 1.09. The largest absolute Gasteiger partial charge is 0.481 e. The molecule has 2 fully saturated rings. The number of carbonyl (C=O) groups is 2. The predicted octanol–water partition coefficient (Wildman–Crippen LogP) is 3.88. The van der Waals surface area contributed by atoms with E-state index in [4.69, 9.17) is 17.3 Å². The van der Waals surface area contributed by atoms with Crippen molar-refractivity contribution in [2.45, 2.75) is 65.3 Å². The number of aliphatic carboxylic acids is 1. The van der Waals surface area contributed by atoms with Gasteiger partial charge in [-0.15, -0.1) is 0 Å². The number of aromatic nitrogens is 1. The fraction of sp³-hybridized carbons (Fsp3) is 0.542. The van der Waals surface area contributed by atoms with E-state index >= 15 is 0 Å². The topological polar surface area (TPSA) is 107 Å². The number of piperidine rings is 1. The summed E-state index contributed by atoms with van der Waals surface area (Å²) in [7, 11) is 0. The van der Waals surface area contributed by atoms with Crippen LogP contribution in [0.15, 0.2) is 9.70 Å². The number of amides is 1. The molecule has 3 heterocycles. The Morgan fingerprint density at radius 3 is 2.53 bits per heavy atom. The maximum absolute atomic E-state index is 13.3. The van der Waals surface area contributed by atoms with Gasteiger partial charge in [0.25, 0.3) is 11.5 Å². The zero-order valence-electron chi connectivity index (χ0n) is 19.6. The number of pyridine rings is 1. The molecule has 2 aliphatic rings. The molecule has 2 saturated heterocycles. The summed E-state index contributed by atoms with van der Waals surface area (Å²) in [6, 6.07) is 2.08. The fourth-order valence-electron chi connectivity index (χ4n) is 4.33. The summed E-state index contributed by atoms with van der Waals surface area (Å²) in [6.07, 6.45) is 6.92. The van der Waals surface area contributed by atoms with Gasteiger partial charge >= 0.3 is 5.97 Å². The molecule has 0 radical (unpaired) electrons. The number of nitriles is 1. The Bertz CT molecular complexity index is 1110. The number of hydrogen-bond donors (Lipinski definition) is 1. The molecule has 0 bridgehead atoms. The van der Waals surface area contributed by atoms with Crippen molar-refractivity contribution in [1.82, 2.24) is 9.47 Å². The zero-order valence-corrected chi connectivity index (χ0v) is 21.3. The Balaban J connectivity index is 2.11. The number of carboxylic acids is 1. The number of carbonyl (C=O) groups excluding carboxylic acids is 1. The summed E-state index contributed by atoms with van der Waals surface area (Å²) >= 11 is 6.57. The van der Waals surface area contributed by atoms with Gasteiger partial charge < -0.3 is 10.0 Å². The Hall–Kier alpha value is -2.64. The zero-order chi connectivity index (χ0) is 24.8. The third-order valence-electron chi connectivity index (χ3n) is 6.16. The van der Waals surface area contributed by atoms with Crippen LogP contribution in [-0.2, 0) is 16.1 Å². The molecule has 10 heteroatoms. The molecular formula is C24H30N4O4S2. The molecule has 0 unspecified atom stereocenters. The molecule has 0 atom stereocenters. The molecule has 8 nitrogen and oxygen atoms in total. The first kappa shape index (κ1) is 26.0. The summed E-state index contributed by atoms with van der Waals surface area (Å²) in [4.78, 5) is 41.3. The maximum Gasteiger partial charge on any atom is 0.303 e. The van der Waals surface area contributed by atoms with Crippen molar-refractivity contribution in [3.63, 3.8) is 0 Å². The molecule has 1 amide bonds. The van der Waals surface area contributed by atoms with Crippen LogP contribution in [0, 0.1) is 18.3 Å². The number of hydrogen-bond acceptors (Lipinski definition) is 7. The molecule has 1 aromatic rings. The molecule has 3 rings (SSSR count). The van der Waals surface area contributed by atoms with Crippen molar-refractivity contribution < 1.29 is 14.7 Å². The third kappa shape index (κ3) is 5.53. The van der Waals surface area contributed by atoms with E-state index in [9.17, 15) is 19.6 Å². The summed E-state index contributed by atoms with van der Waals surface area (Å²) in [6.45, 7) is 6.19. The normalized spacial score (nSPS) is 17.5. The highest BCUT2D eigenvalue weighted by atomic mass is 32.2. The van der Waals surface area contributed by atoms with Crippen LogP contribution < -0.4 is 10.5 Å². The van der Waals surface area contributed by atoms with Gasteiger partial charge in [0.1, 0.15) is 21.8 Å². The van der Waals surface area contributed by atoms with Gasteiger partial charge in [0.05, 0.1) is 4.91 Å². The van der Waals surface area contributed by atoms with E-state index < -0.39 is 5.97 Å². The Morgan fingerprint density at radius 1 is 1.21 bits per heavy atom. The van der Waals surface area contributed by atoms with Gasteiger partial charge in [-0.05, 0) is 50.7 Å². The van der Waals surface area contributed by atoms with E-state index in [1.165, 1.54) is 16.7 Å². The smallest absolute Gasteiger partial charge is 0.303 e. The second kappa shape index (κ2) is 11.7. The lowest BCUT2D eigenvalue weighted by molar-refractivity contribution is -0.137. The average Bonchev–Trinajstić information content (AvgIpc) is 3.08. The van der Waals surface area contributed by atoms with E-state index in [2.05, 4.69) is 17.9 Å². The van der Waals surface area contributed by atoms with Crippen LogP contribution in [0.5, 0.6) is 0 Å². The van der Waals surface area contributed by atoms with E-state index in [1.54, 1.807) is 17.6 Å². The van der Waals surface area contributed by atoms with Crippen molar-refractivity contribution in [1.29, 1.82) is 5.26 Å². The third-order valence-corrected chi connectivity index (χ3v) is 7.54. The molecule has 34 heavy (non-hydrogen) atoms. The van der Waals surface area contributed by atoms with Gasteiger partial charge in [-0.25, -0.2) is 0 Å². The minimum absolute atomic E-state index is 0.0394. The van der Waals surface area contributed by atoms with Crippen molar-refractivity contribution in [2.24, 2.45) is 0 Å². The highest BCUT2D eigenvalue weighted by Crippen LogP contribution is 2.36. The van der Waals surface area contributed by atoms with Gasteiger partial charge in [0.15, 0.2) is 0 Å². The van der Waals surface area contributed by atoms with E-state index in [0.717, 1.165) is 51.0 Å². The van der Waals surface area contributed by atoms with Crippen LogP contribution >= 0.6 is 24.0 Å². The second-order valence-electron chi connectivity index (χ2n) is 8.54. The van der Waals surface area contributed by atoms with Crippen molar-refractivity contribution in [3.05, 3.63) is 31.9 Å². The maximum atomic E-state index is 13.3. The minimum atomic E-state index is -0.916. The number of nitrogens with zero attached hydrogens (tertiary/aromatic N) is 4. The minimum Gasteiger partial charge on any atom is -0.481 e. The molecule has 0 spiro atoms. The van der Waals surface area contributed by atoms with Crippen LogP contribution in [0.3, 0.4) is 0 Å². The van der Waals surface area contributed by atoms with E-state index in [1.807, 2.05) is 0 Å². The van der Waals surface area contributed by atoms with Gasteiger partial charge in [0, 0.05) is 38.2 Å². The van der Waals surface area contributed by atoms with Crippen LogP contribution in [0.2, 0.25) is 0 Å². The van der Waals surface area contributed by atoms with Crippen molar-refractivity contribution >= 4 is 52.1 Å². The van der Waals surface area contributed by atoms with Crippen LogP contribution in [0.1, 0.15) is 68.6 Å². The first-order chi connectivity index (χ1) is 16.3. The molecule has 0 aliphatic carbocycles. The van der Waals surface area contributed by atoms with Crippen molar-refractivity contribution in [3.8, 4) is 6.07 Å². The Kier molecular flexibility index (Phi) is 8.91. The molecular weight excluding hydrogens is 472 g/mol. The average molecular weight is 503 g/mol. The standard InChI is InChI=1S/C24H30N4O4S2/c1-3-4-12-27-21(26-10-6-5-7-11-26)17(16(2)18(15-25)22(27)31)14-19-23(32)28(24(33)34-19)13-8-9-20(29)30/h14H,3-13H2,1-2H3,(H,29,30)/b19-14+. The van der Waals surface area contributed by atoms with E-state index in [0.29, 0.717) is 33.3 Å². The highest BCUT2D eigenvalue weighted by molar-refractivity contribution is 8.26. The fourth-order valence-corrected chi connectivity index (χ4v) is 5.62. The summed E-state index contributed by atoms with van der Waals surface area (Å²) in [5.74, 6) is -0.416. The number of anilines is 1. The first-order valence-electron chi connectivity index (χ1n) is 11.7. The Labute approximate surface area is 209 Å². The van der Waals surface area contributed by atoms with Crippen LogP contribution in [0.4, 0.5) is 5.82 Å². The number of unbranched alkanes of at least 4 members (excludes halogenated alkanes) is 1. The highest BCUT2D eigenvalue weighted by Gasteiger charge is 2.33. The first-order valence-corrected chi connectivity index (χ1v) is 12.9. The van der Waals surface area contributed by atoms with Crippen LogP contribution in [-0.4, -0.2) is 50.4 Å². The predicted molar refractivity (Wildman–Crippen MR) is 138 cm³/mol. The molecule has 0 aromatic carbocycles. The number of thiocarbonyl (C=S) groups is 1. The molecule has 1 aromatic heterocycles. The number of rotatable bonds is 9. The van der Waals surface area contributed by atoms with Crippen LogP contribution in [0.25, 0.3) is 6.08 Å². The number of carboxylic acid groups (broad SMARTS) is 1. The van der Waals surface area contributed by atoms with Gasteiger partial charge in [-0.3, -0.25) is 23.9 Å². The second-order valence-corrected chi connectivity index (χ2v) is 10.2. The lowest BCUT2D eigenvalue weighted by atomic mass is 10.0. The van der Waals surface area contributed by atoms with Gasteiger partial charge in [-0.2, -0.15) is 5.26 Å². The molecule has 182 valence electrons. The Morgan fingerprint density at radius 2 is 1.91 bits per heavy atom. The SMILES string of the molecule is CCCCn1c(N2CCCCC2)c(/C=C2/SC(=S)N(CCCC(=O)O)C2=O)c(C)c(C#N)c1=O. The monoisotopic (exact) mass is 502 g/mol. The van der Waals surface area contributed by atoms with Gasteiger partial charge in [-0.1, -0.05) is 37.3 Å². The van der Waals surface area contributed by atoms with E-state index in [-0.39, 0.29) is 30.0 Å². The molecule has 1 N–H and O–H groups in total. The lowest BCUT2D eigenvalue weighted by Crippen LogP contribution is -2.37. The number of thioether (sulfide) groups is 1. The molecule has 0 saturated carbocycles. The lowest BCUT2D eigenvalue weighted by Gasteiger charge is -2.33. The summed E-state index contributed by atoms with van der Waals surface area (Å²) < 4.78 is 2.10. The molecule has 2 aliphatic heterocycles. The summed E-state index contributed by atoms with van der Waals surface area (Å²) in [5, 5.41) is 18.7. The van der Waals surface area contributed by atoms with Crippen molar-refractivity contribution in [2.75, 3.05) is 24.5 Å². The van der Waals surface area contributed by atoms with Gasteiger partial charge in [0.2, 0.25) is 0 Å².